The van der Waals surface area contributed by atoms with Crippen LogP contribution in [0.4, 0.5) is 5.69 Å². The van der Waals surface area contributed by atoms with Crippen molar-refractivity contribution in [3.63, 3.8) is 0 Å². The second-order valence-electron chi connectivity index (χ2n) is 8.07. The van der Waals surface area contributed by atoms with Gasteiger partial charge in [-0.3, -0.25) is 0 Å². The molecule has 0 spiro atoms. The first-order chi connectivity index (χ1) is 14.1. The summed E-state index contributed by atoms with van der Waals surface area (Å²) in [5, 5.41) is 9.75. The summed E-state index contributed by atoms with van der Waals surface area (Å²) in [4.78, 5) is 2.40. The van der Waals surface area contributed by atoms with Gasteiger partial charge in [0.15, 0.2) is 0 Å². The maximum absolute atomic E-state index is 9.75. The Labute approximate surface area is 173 Å². The third-order valence-corrected chi connectivity index (χ3v) is 5.72. The fourth-order valence-corrected chi connectivity index (χ4v) is 3.75. The Balaban J connectivity index is 1.76. The molecule has 0 heterocycles. The molecule has 1 saturated carbocycles. The number of allylic oxidation sites excluding steroid dienone is 1. The van der Waals surface area contributed by atoms with E-state index in [0.717, 1.165) is 48.3 Å². The van der Waals surface area contributed by atoms with Gasteiger partial charge < -0.3 is 4.90 Å². The number of hydrogen-bond donors (Lipinski definition) is 0. The van der Waals surface area contributed by atoms with Crippen LogP contribution >= 0.6 is 0 Å². The predicted octanol–water partition coefficient (Wildman–Crippen LogP) is 6.48. The molecule has 0 aliphatic heterocycles. The van der Waals surface area contributed by atoms with Crippen LogP contribution in [0.5, 0.6) is 0 Å². The number of anilines is 1. The van der Waals surface area contributed by atoms with E-state index in [1.165, 1.54) is 11.1 Å². The number of benzene rings is 3. The van der Waals surface area contributed by atoms with E-state index >= 15 is 0 Å². The molecule has 1 fully saturated rings. The fourth-order valence-electron chi connectivity index (χ4n) is 3.75. The molecule has 2 nitrogen and oxygen atoms in total. The van der Waals surface area contributed by atoms with Gasteiger partial charge in [0.2, 0.25) is 0 Å². The van der Waals surface area contributed by atoms with Gasteiger partial charge in [-0.2, -0.15) is 5.26 Å². The highest BCUT2D eigenvalue weighted by atomic mass is 15.1. The normalized spacial score (nSPS) is 14.1. The molecule has 0 amide bonds. The van der Waals surface area contributed by atoms with Crippen LogP contribution in [0.25, 0.3) is 5.57 Å². The maximum atomic E-state index is 9.75. The van der Waals surface area contributed by atoms with Gasteiger partial charge in [0.1, 0.15) is 0 Å². The Kier molecular flexibility index (Phi) is 5.23. The summed E-state index contributed by atoms with van der Waals surface area (Å²) in [6.45, 7) is 7.82. The first kappa shape index (κ1) is 19.0. The quantitative estimate of drug-likeness (QED) is 0.470. The molecule has 3 aromatic carbocycles. The lowest BCUT2D eigenvalue weighted by molar-refractivity contribution is 0.795. The number of nitriles is 1. The summed E-state index contributed by atoms with van der Waals surface area (Å²) in [6, 6.07) is 30.2. The van der Waals surface area contributed by atoms with Gasteiger partial charge in [-0.15, -0.1) is 0 Å². The summed E-state index contributed by atoms with van der Waals surface area (Å²) in [5.41, 5.74) is 6.65. The largest absolute Gasteiger partial charge is 0.363 e. The van der Waals surface area contributed by atoms with Gasteiger partial charge in [0, 0.05) is 18.8 Å². The first-order valence-corrected chi connectivity index (χ1v) is 10.2. The highest BCUT2D eigenvalue weighted by Crippen LogP contribution is 2.49. The van der Waals surface area contributed by atoms with Gasteiger partial charge in [0.05, 0.1) is 11.5 Å². The minimum Gasteiger partial charge on any atom is -0.363 e. The summed E-state index contributed by atoms with van der Waals surface area (Å²) in [6.07, 6.45) is 1.89. The van der Waals surface area contributed by atoms with E-state index in [1.54, 1.807) is 0 Å². The number of rotatable bonds is 7. The van der Waals surface area contributed by atoms with E-state index in [1.807, 2.05) is 6.92 Å². The van der Waals surface area contributed by atoms with Crippen LogP contribution < -0.4 is 4.90 Å². The molecule has 0 radical (unpaired) electrons. The van der Waals surface area contributed by atoms with E-state index in [-0.39, 0.29) is 5.41 Å². The molecule has 144 valence electrons. The topological polar surface area (TPSA) is 27.0 Å². The molecule has 0 atom stereocenters. The van der Waals surface area contributed by atoms with Crippen molar-refractivity contribution >= 4 is 11.3 Å². The zero-order chi connectivity index (χ0) is 20.3. The number of hydrogen-bond acceptors (Lipinski definition) is 2. The Hall–Kier alpha value is -3.31. The van der Waals surface area contributed by atoms with Gasteiger partial charge in [0.25, 0.3) is 0 Å². The molecule has 29 heavy (non-hydrogen) atoms. The monoisotopic (exact) mass is 378 g/mol. The molecule has 2 heteroatoms. The van der Waals surface area contributed by atoms with Crippen molar-refractivity contribution < 1.29 is 0 Å². The van der Waals surface area contributed by atoms with E-state index < -0.39 is 0 Å². The highest BCUT2D eigenvalue weighted by molar-refractivity contribution is 5.69. The van der Waals surface area contributed by atoms with Crippen molar-refractivity contribution in [2.75, 3.05) is 4.90 Å². The van der Waals surface area contributed by atoms with Crippen LogP contribution in [0.2, 0.25) is 0 Å². The molecule has 0 saturated heterocycles. The standard InChI is InChI=1S/C27H26N2/c1-21(2)24-15-25(27(20-28)13-14-27)17-26(16-24)29(18-22-9-5-3-6-10-22)19-23-11-7-4-8-12-23/h3-12,15-17H,1,13-14,18-19H2,2H3. The average Bonchev–Trinajstić information content (AvgIpc) is 3.56. The van der Waals surface area contributed by atoms with Crippen LogP contribution in [0.3, 0.4) is 0 Å². The smallest absolute Gasteiger partial charge is 0.0824 e. The molecule has 0 N–H and O–H groups in total. The molecule has 0 bridgehead atoms. The molecule has 3 aromatic rings. The van der Waals surface area contributed by atoms with Crippen molar-refractivity contribution in [3.8, 4) is 6.07 Å². The van der Waals surface area contributed by atoms with Crippen LogP contribution in [-0.2, 0) is 18.5 Å². The Morgan fingerprint density at radius 2 is 1.48 bits per heavy atom. The van der Waals surface area contributed by atoms with Crippen molar-refractivity contribution in [2.45, 2.75) is 38.3 Å². The van der Waals surface area contributed by atoms with Gasteiger partial charge >= 0.3 is 0 Å². The molecular formula is C27H26N2. The third kappa shape index (κ3) is 4.25. The van der Waals surface area contributed by atoms with Gasteiger partial charge in [-0.05, 0) is 60.2 Å². The second-order valence-corrected chi connectivity index (χ2v) is 8.07. The lowest BCUT2D eigenvalue weighted by atomic mass is 9.93. The summed E-state index contributed by atoms with van der Waals surface area (Å²) in [7, 11) is 0. The summed E-state index contributed by atoms with van der Waals surface area (Å²) in [5.74, 6) is 0. The zero-order valence-electron chi connectivity index (χ0n) is 16.9. The van der Waals surface area contributed by atoms with Crippen LogP contribution in [0, 0.1) is 11.3 Å². The first-order valence-electron chi connectivity index (χ1n) is 10.2. The maximum Gasteiger partial charge on any atom is 0.0824 e. The Bertz CT molecular complexity index is 999. The lowest BCUT2D eigenvalue weighted by Gasteiger charge is -2.27. The zero-order valence-corrected chi connectivity index (χ0v) is 16.9. The minimum absolute atomic E-state index is 0.314. The molecule has 1 aliphatic rings. The molecule has 0 aromatic heterocycles. The van der Waals surface area contributed by atoms with Crippen LogP contribution in [0.1, 0.15) is 42.0 Å². The van der Waals surface area contributed by atoms with E-state index in [9.17, 15) is 5.26 Å². The fraction of sp³-hybridized carbons (Fsp3) is 0.222. The molecule has 0 unspecified atom stereocenters. The molecular weight excluding hydrogens is 352 g/mol. The van der Waals surface area contributed by atoms with Crippen molar-refractivity contribution in [2.24, 2.45) is 0 Å². The van der Waals surface area contributed by atoms with E-state index in [0.29, 0.717) is 0 Å². The average molecular weight is 379 g/mol. The lowest BCUT2D eigenvalue weighted by Crippen LogP contribution is -2.23. The summed E-state index contributed by atoms with van der Waals surface area (Å²) < 4.78 is 0. The Morgan fingerprint density at radius 3 is 1.93 bits per heavy atom. The van der Waals surface area contributed by atoms with Crippen LogP contribution in [-0.4, -0.2) is 0 Å². The number of nitrogens with zero attached hydrogens (tertiary/aromatic N) is 2. The summed E-state index contributed by atoms with van der Waals surface area (Å²) >= 11 is 0. The Morgan fingerprint density at radius 1 is 0.931 bits per heavy atom. The molecule has 4 rings (SSSR count). The van der Waals surface area contributed by atoms with Crippen molar-refractivity contribution in [1.82, 2.24) is 0 Å². The van der Waals surface area contributed by atoms with E-state index in [4.69, 9.17) is 0 Å². The SMILES string of the molecule is C=C(C)c1cc(N(Cc2ccccc2)Cc2ccccc2)cc(C2(C#N)CC2)c1. The predicted molar refractivity (Wildman–Crippen MR) is 120 cm³/mol. The third-order valence-electron chi connectivity index (χ3n) is 5.72. The van der Waals surface area contributed by atoms with Crippen molar-refractivity contribution in [1.29, 1.82) is 5.26 Å². The highest BCUT2D eigenvalue weighted by Gasteiger charge is 2.45. The van der Waals surface area contributed by atoms with Gasteiger partial charge in [-0.25, -0.2) is 0 Å². The molecule has 1 aliphatic carbocycles. The van der Waals surface area contributed by atoms with Crippen LogP contribution in [0.15, 0.2) is 85.4 Å². The van der Waals surface area contributed by atoms with Crippen molar-refractivity contribution in [3.05, 3.63) is 108 Å². The van der Waals surface area contributed by atoms with Gasteiger partial charge in [-0.1, -0.05) is 72.8 Å². The second kappa shape index (κ2) is 7.97. The minimum atomic E-state index is -0.314. The van der Waals surface area contributed by atoms with E-state index in [2.05, 4.69) is 96.4 Å².